The third-order valence-corrected chi connectivity index (χ3v) is 6.57. The van der Waals surface area contributed by atoms with Gasteiger partial charge in [0.1, 0.15) is 6.10 Å². The van der Waals surface area contributed by atoms with Crippen molar-refractivity contribution in [3.63, 3.8) is 0 Å². The number of rotatable bonds is 11. The Bertz CT molecular complexity index is 609. The van der Waals surface area contributed by atoms with Crippen LogP contribution in [0, 0.1) is 23.7 Å². The average Bonchev–Trinajstić information content (AvgIpc) is 2.70. The van der Waals surface area contributed by atoms with Gasteiger partial charge in [0.2, 0.25) is 0 Å². The molecule has 7 unspecified atom stereocenters. The summed E-state index contributed by atoms with van der Waals surface area (Å²) in [6, 6.07) is 0. The smallest absolute Gasteiger partial charge is 0.723 e. The molecular weight excluding hydrogens is 411 g/mol. The van der Waals surface area contributed by atoms with Gasteiger partial charge in [-0.25, -0.2) is 0 Å². The number of esters is 1. The molecule has 31 heavy (non-hydrogen) atoms. The van der Waals surface area contributed by atoms with E-state index in [4.69, 9.17) is 4.74 Å². The second-order valence-corrected chi connectivity index (χ2v) is 8.89. The van der Waals surface area contributed by atoms with Gasteiger partial charge in [0.15, 0.2) is 0 Å². The second-order valence-electron chi connectivity index (χ2n) is 8.89. The van der Waals surface area contributed by atoms with Gasteiger partial charge in [0, 0.05) is 18.9 Å². The minimum atomic E-state index is -0.776. The van der Waals surface area contributed by atoms with E-state index in [1.54, 1.807) is 0 Å². The summed E-state index contributed by atoms with van der Waals surface area (Å²) in [6.45, 7) is 5.82. The zero-order valence-electron chi connectivity index (χ0n) is 19.3. The zero-order valence-corrected chi connectivity index (χ0v) is 21.3. The van der Waals surface area contributed by atoms with Crippen molar-refractivity contribution in [3.8, 4) is 0 Å². The van der Waals surface area contributed by atoms with Crippen LogP contribution < -0.4 is 34.8 Å². The molecule has 3 N–H and O–H groups in total. The molecule has 0 heterocycles. The van der Waals surface area contributed by atoms with Crippen molar-refractivity contribution >= 4 is 5.97 Å². The van der Waals surface area contributed by atoms with Crippen LogP contribution in [0.1, 0.15) is 59.3 Å². The molecule has 8 atom stereocenters. The Morgan fingerprint density at radius 3 is 2.61 bits per heavy atom. The molecule has 2 aliphatic carbocycles. The number of carbonyl (C=O) groups is 1. The number of carbonyl (C=O) groups excluding carboxylic acids is 1. The first-order chi connectivity index (χ1) is 14.3. The summed E-state index contributed by atoms with van der Waals surface area (Å²) in [6.07, 6.45) is 6.13. The van der Waals surface area contributed by atoms with E-state index in [1.165, 1.54) is 0 Å². The minimum absolute atomic E-state index is 0. The van der Waals surface area contributed by atoms with Crippen LogP contribution in [-0.2, 0) is 14.4 Å². The molecule has 0 spiro atoms. The van der Waals surface area contributed by atoms with Gasteiger partial charge in [0.05, 0.1) is 24.2 Å². The van der Waals surface area contributed by atoms with Crippen LogP contribution in [0.2, 0.25) is 0 Å². The fraction of sp³-hybridized carbons (Fsp3) is 0.783. The molecule has 2 rings (SSSR count). The number of hydrogen-bond acceptors (Lipinski definition) is 7. The topological polar surface area (TPSA) is 119 Å². The predicted octanol–water partition coefficient (Wildman–Crippen LogP) is -1.35. The van der Waals surface area contributed by atoms with E-state index in [9.17, 15) is 25.4 Å². The molecule has 0 aromatic heterocycles. The van der Waals surface area contributed by atoms with Gasteiger partial charge in [0.25, 0.3) is 0 Å². The van der Waals surface area contributed by atoms with Gasteiger partial charge in [-0.05, 0) is 49.5 Å². The van der Waals surface area contributed by atoms with Crippen LogP contribution in [-0.4, -0.2) is 52.3 Å². The Kier molecular flexibility index (Phi) is 13.1. The van der Waals surface area contributed by atoms with Crippen LogP contribution in [0.5, 0.6) is 0 Å². The van der Waals surface area contributed by atoms with Crippen molar-refractivity contribution in [2.24, 2.45) is 23.7 Å². The standard InChI is InChI=1S/C23H38O7.Na/c1-4-14(2)23(27)30-21-13-19(26)11-16-6-5-15(3)20(22(16)21)8-7-17(24)12-18(25)9-10-29-28;/h5-6,11,14-15,17-22,24-26,28H,4,7-10,12-13H2,1-3H3;/q;+1/p-1/t14?,15?,17?,18?,19?,20-,21?,22?;/m0./s1. The van der Waals surface area contributed by atoms with Gasteiger partial charge in [-0.2, -0.15) is 0 Å². The Hall–Kier alpha value is -0.250. The van der Waals surface area contributed by atoms with Crippen molar-refractivity contribution < 1.29 is 64.6 Å². The van der Waals surface area contributed by atoms with Crippen molar-refractivity contribution in [1.82, 2.24) is 0 Å². The molecule has 0 aliphatic heterocycles. The van der Waals surface area contributed by atoms with Gasteiger partial charge >= 0.3 is 35.5 Å². The molecule has 0 radical (unpaired) electrons. The summed E-state index contributed by atoms with van der Waals surface area (Å²) < 4.78 is 5.86. The molecule has 172 valence electrons. The summed E-state index contributed by atoms with van der Waals surface area (Å²) in [5.41, 5.74) is 0.987. The van der Waals surface area contributed by atoms with E-state index in [-0.39, 0.29) is 78.6 Å². The largest absolute Gasteiger partial charge is 1.00 e. The monoisotopic (exact) mass is 448 g/mol. The average molecular weight is 449 g/mol. The number of fused-ring (bicyclic) bond motifs is 1. The van der Waals surface area contributed by atoms with Gasteiger partial charge < -0.3 is 30.2 Å². The van der Waals surface area contributed by atoms with Gasteiger partial charge in [-0.15, -0.1) is 0 Å². The van der Waals surface area contributed by atoms with Crippen LogP contribution in [0.4, 0.5) is 0 Å². The van der Waals surface area contributed by atoms with Crippen molar-refractivity contribution in [2.75, 3.05) is 6.61 Å². The van der Waals surface area contributed by atoms with Crippen molar-refractivity contribution in [1.29, 1.82) is 0 Å². The SMILES string of the molecule is CCC(C)C(=O)OC1CC(O)C=C2C=CC(C)[C@H](CCC(O)CC(O)CCO[O-])C21.[Na+]. The normalized spacial score (nSPS) is 30.4. The van der Waals surface area contributed by atoms with Crippen LogP contribution in [0.25, 0.3) is 0 Å². The summed E-state index contributed by atoms with van der Waals surface area (Å²) in [4.78, 5) is 16.2. The Balaban J connectivity index is 0.00000480. The van der Waals surface area contributed by atoms with Crippen LogP contribution in [0.15, 0.2) is 23.8 Å². The number of aliphatic hydroxyl groups excluding tert-OH is 3. The number of ether oxygens (including phenoxy) is 1. The Morgan fingerprint density at radius 2 is 1.97 bits per heavy atom. The molecule has 0 bridgehead atoms. The van der Waals surface area contributed by atoms with E-state index in [1.807, 2.05) is 26.0 Å². The van der Waals surface area contributed by atoms with E-state index in [2.05, 4.69) is 17.9 Å². The zero-order chi connectivity index (χ0) is 22.3. The summed E-state index contributed by atoms with van der Waals surface area (Å²) in [7, 11) is 0. The molecule has 7 nitrogen and oxygen atoms in total. The molecule has 0 saturated heterocycles. The minimum Gasteiger partial charge on any atom is -0.723 e. The molecule has 0 aromatic carbocycles. The van der Waals surface area contributed by atoms with Crippen molar-refractivity contribution in [3.05, 3.63) is 23.8 Å². The van der Waals surface area contributed by atoms with Crippen LogP contribution in [0.3, 0.4) is 0 Å². The predicted molar refractivity (Wildman–Crippen MR) is 110 cm³/mol. The summed E-state index contributed by atoms with van der Waals surface area (Å²) >= 11 is 0. The molecule has 8 heteroatoms. The molecular formula is C23H37NaO7. The molecule has 2 aliphatic rings. The van der Waals surface area contributed by atoms with Gasteiger partial charge in [-0.3, -0.25) is 4.79 Å². The number of allylic oxidation sites excluding steroid dienone is 2. The molecule has 0 amide bonds. The third-order valence-electron chi connectivity index (χ3n) is 6.57. The first-order valence-electron chi connectivity index (χ1n) is 11.2. The van der Waals surface area contributed by atoms with Gasteiger partial charge in [-0.1, -0.05) is 39.0 Å². The number of aliphatic hydroxyl groups is 3. The summed E-state index contributed by atoms with van der Waals surface area (Å²) in [5.74, 6) is -0.0561. The number of hydrogen-bond donors (Lipinski definition) is 3. The fourth-order valence-electron chi connectivity index (χ4n) is 4.54. The van der Waals surface area contributed by atoms with Crippen molar-refractivity contribution in [2.45, 2.75) is 83.7 Å². The Labute approximate surface area is 207 Å². The molecule has 0 saturated carbocycles. The maximum Gasteiger partial charge on any atom is 1.00 e. The van der Waals surface area contributed by atoms with E-state index in [0.29, 0.717) is 25.7 Å². The first kappa shape index (κ1) is 28.8. The van der Waals surface area contributed by atoms with Crippen LogP contribution >= 0.6 is 0 Å². The van der Waals surface area contributed by atoms with E-state index in [0.717, 1.165) is 5.57 Å². The maximum atomic E-state index is 12.4. The van der Waals surface area contributed by atoms with E-state index >= 15 is 0 Å². The fourth-order valence-corrected chi connectivity index (χ4v) is 4.54. The quantitative estimate of drug-likeness (QED) is 0.155. The summed E-state index contributed by atoms with van der Waals surface area (Å²) in [5, 5.41) is 40.6. The third kappa shape index (κ3) is 8.55. The maximum absolute atomic E-state index is 12.4. The molecule has 0 aromatic rings. The molecule has 0 fully saturated rings. The Morgan fingerprint density at radius 1 is 1.29 bits per heavy atom. The second kappa shape index (κ2) is 14.1. The van der Waals surface area contributed by atoms with E-state index < -0.39 is 24.4 Å². The first-order valence-corrected chi connectivity index (χ1v) is 11.2.